The average molecular weight is 320 g/mol. The van der Waals surface area contributed by atoms with Crippen molar-refractivity contribution in [3.8, 4) is 5.75 Å². The SMILES string of the molecule is CC(C)(C)Oc1cc(I)ccc1C[SiH3]. The summed E-state index contributed by atoms with van der Waals surface area (Å²) in [5.41, 5.74) is 1.24. The molecule has 0 bridgehead atoms. The first-order valence-corrected chi connectivity index (χ1v) is 7.39. The predicted octanol–water partition coefficient (Wildman–Crippen LogP) is 2.33. The van der Waals surface area contributed by atoms with Crippen LogP contribution in [0.1, 0.15) is 26.3 Å². The fourth-order valence-electron chi connectivity index (χ4n) is 1.25. The molecule has 14 heavy (non-hydrogen) atoms. The van der Waals surface area contributed by atoms with E-state index in [4.69, 9.17) is 4.74 Å². The molecule has 1 aromatic rings. The van der Waals surface area contributed by atoms with Gasteiger partial charge in [-0.3, -0.25) is 0 Å². The quantitative estimate of drug-likeness (QED) is 0.600. The van der Waals surface area contributed by atoms with E-state index in [0.717, 1.165) is 11.8 Å². The molecule has 0 radical (unpaired) electrons. The van der Waals surface area contributed by atoms with Gasteiger partial charge in [-0.2, -0.15) is 0 Å². The van der Waals surface area contributed by atoms with Crippen LogP contribution < -0.4 is 4.74 Å². The molecule has 0 aliphatic heterocycles. The van der Waals surface area contributed by atoms with Gasteiger partial charge in [-0.15, -0.1) is 0 Å². The molecule has 0 heterocycles. The van der Waals surface area contributed by atoms with Gasteiger partial charge < -0.3 is 4.74 Å². The van der Waals surface area contributed by atoms with Crippen LogP contribution in [0.3, 0.4) is 0 Å². The minimum atomic E-state index is -0.101. The molecular formula is C11H17IOSi. The van der Waals surface area contributed by atoms with Gasteiger partial charge in [-0.1, -0.05) is 6.07 Å². The zero-order valence-electron chi connectivity index (χ0n) is 9.23. The molecule has 0 saturated heterocycles. The van der Waals surface area contributed by atoms with Crippen molar-refractivity contribution in [3.05, 3.63) is 27.3 Å². The molecule has 0 aliphatic carbocycles. The molecule has 3 heteroatoms. The Hall–Kier alpha value is -0.0331. The fraction of sp³-hybridized carbons (Fsp3) is 0.455. The lowest BCUT2D eigenvalue weighted by atomic mass is 10.1. The van der Waals surface area contributed by atoms with Crippen LogP contribution in [0.4, 0.5) is 0 Å². The third kappa shape index (κ3) is 3.61. The summed E-state index contributed by atoms with van der Waals surface area (Å²) in [5, 5.41) is 0. The van der Waals surface area contributed by atoms with E-state index < -0.39 is 0 Å². The lowest BCUT2D eigenvalue weighted by molar-refractivity contribution is 0.129. The van der Waals surface area contributed by atoms with Gasteiger partial charge in [-0.05, 0) is 67.1 Å². The summed E-state index contributed by atoms with van der Waals surface area (Å²) in [6.07, 6.45) is 0. The molecule has 0 amide bonds. The van der Waals surface area contributed by atoms with Gasteiger partial charge in [0.25, 0.3) is 0 Å². The zero-order chi connectivity index (χ0) is 10.8. The molecule has 1 aromatic carbocycles. The van der Waals surface area contributed by atoms with Gasteiger partial charge in [0.15, 0.2) is 0 Å². The topological polar surface area (TPSA) is 9.23 Å². The van der Waals surface area contributed by atoms with E-state index in [1.807, 2.05) is 0 Å². The summed E-state index contributed by atoms with van der Waals surface area (Å²) in [7, 11) is 1.18. The standard InChI is InChI=1S/C11H17IOSi/c1-11(2,3)13-10-6-9(12)5-4-8(10)7-14/h4-6H,7H2,1-3,14H3. The Morgan fingerprint density at radius 2 is 2.00 bits per heavy atom. The molecule has 1 rings (SSSR count). The average Bonchev–Trinajstić information content (AvgIpc) is 2.01. The predicted molar refractivity (Wildman–Crippen MR) is 73.2 cm³/mol. The van der Waals surface area contributed by atoms with Crippen LogP contribution in [-0.2, 0) is 6.04 Å². The Morgan fingerprint density at radius 3 is 2.50 bits per heavy atom. The maximum atomic E-state index is 5.92. The van der Waals surface area contributed by atoms with Crippen molar-refractivity contribution in [2.75, 3.05) is 0 Å². The Morgan fingerprint density at radius 1 is 1.36 bits per heavy atom. The van der Waals surface area contributed by atoms with Crippen LogP contribution in [0, 0.1) is 3.57 Å². The van der Waals surface area contributed by atoms with Gasteiger partial charge in [0, 0.05) is 13.8 Å². The molecule has 0 atom stereocenters. The lowest BCUT2D eigenvalue weighted by Gasteiger charge is -2.23. The first-order valence-electron chi connectivity index (χ1n) is 4.90. The zero-order valence-corrected chi connectivity index (χ0v) is 13.4. The molecule has 0 N–H and O–H groups in total. The molecule has 0 fully saturated rings. The third-order valence-corrected chi connectivity index (χ3v) is 3.26. The second kappa shape index (κ2) is 4.66. The van der Waals surface area contributed by atoms with Crippen LogP contribution >= 0.6 is 22.6 Å². The molecule has 78 valence electrons. The molecule has 1 nitrogen and oxygen atoms in total. The highest BCUT2D eigenvalue weighted by molar-refractivity contribution is 14.1. The van der Waals surface area contributed by atoms with E-state index in [-0.39, 0.29) is 5.60 Å². The van der Waals surface area contributed by atoms with E-state index in [2.05, 4.69) is 61.6 Å². The van der Waals surface area contributed by atoms with Gasteiger partial charge in [0.2, 0.25) is 0 Å². The molecule has 0 aliphatic rings. The summed E-state index contributed by atoms with van der Waals surface area (Å²) in [6.45, 7) is 6.26. The first-order chi connectivity index (χ1) is 6.42. The normalized spacial score (nSPS) is 11.7. The lowest BCUT2D eigenvalue weighted by Crippen LogP contribution is -2.23. The van der Waals surface area contributed by atoms with Crippen molar-refractivity contribution in [1.82, 2.24) is 0 Å². The molecular weight excluding hydrogens is 303 g/mol. The van der Waals surface area contributed by atoms with Gasteiger partial charge in [-0.25, -0.2) is 0 Å². The second-order valence-corrected chi connectivity index (χ2v) is 6.27. The molecule has 0 spiro atoms. The largest absolute Gasteiger partial charge is 0.488 e. The molecule has 0 aromatic heterocycles. The highest BCUT2D eigenvalue weighted by atomic mass is 127. The Kier molecular flexibility index (Phi) is 4.01. The number of hydrogen-bond acceptors (Lipinski definition) is 1. The van der Waals surface area contributed by atoms with Crippen LogP contribution in [0.15, 0.2) is 18.2 Å². The van der Waals surface area contributed by atoms with Crippen molar-refractivity contribution in [3.63, 3.8) is 0 Å². The number of ether oxygens (including phenoxy) is 1. The van der Waals surface area contributed by atoms with Gasteiger partial charge in [0.1, 0.15) is 11.4 Å². The Bertz CT molecular complexity index is 318. The second-order valence-electron chi connectivity index (χ2n) is 4.32. The van der Waals surface area contributed by atoms with Crippen molar-refractivity contribution in [2.45, 2.75) is 32.4 Å². The van der Waals surface area contributed by atoms with E-state index in [9.17, 15) is 0 Å². The first kappa shape index (κ1) is 12.0. The maximum absolute atomic E-state index is 5.92. The van der Waals surface area contributed by atoms with Crippen molar-refractivity contribution >= 4 is 32.8 Å². The highest BCUT2D eigenvalue weighted by Gasteiger charge is 2.14. The molecule has 0 unspecified atom stereocenters. The smallest absolute Gasteiger partial charge is 0.124 e. The number of rotatable bonds is 2. The van der Waals surface area contributed by atoms with Crippen LogP contribution in [0.5, 0.6) is 5.75 Å². The van der Waals surface area contributed by atoms with E-state index >= 15 is 0 Å². The minimum absolute atomic E-state index is 0.101. The van der Waals surface area contributed by atoms with E-state index in [0.29, 0.717) is 0 Å². The van der Waals surface area contributed by atoms with Crippen molar-refractivity contribution in [1.29, 1.82) is 0 Å². The summed E-state index contributed by atoms with van der Waals surface area (Å²) in [6, 6.07) is 7.60. The highest BCUT2D eigenvalue weighted by Crippen LogP contribution is 2.25. The summed E-state index contributed by atoms with van der Waals surface area (Å²) < 4.78 is 7.16. The maximum Gasteiger partial charge on any atom is 0.124 e. The Labute approximate surface area is 103 Å². The number of benzene rings is 1. The van der Waals surface area contributed by atoms with Crippen molar-refractivity contribution in [2.24, 2.45) is 0 Å². The summed E-state index contributed by atoms with van der Waals surface area (Å²) >= 11 is 2.32. The summed E-state index contributed by atoms with van der Waals surface area (Å²) in [4.78, 5) is 0. The molecule has 0 saturated carbocycles. The van der Waals surface area contributed by atoms with Gasteiger partial charge >= 0.3 is 0 Å². The third-order valence-electron chi connectivity index (χ3n) is 1.83. The van der Waals surface area contributed by atoms with Crippen LogP contribution in [0.25, 0.3) is 0 Å². The van der Waals surface area contributed by atoms with E-state index in [1.165, 1.54) is 19.4 Å². The minimum Gasteiger partial charge on any atom is -0.488 e. The number of halogens is 1. The van der Waals surface area contributed by atoms with Gasteiger partial charge in [0.05, 0.1) is 0 Å². The van der Waals surface area contributed by atoms with Crippen LogP contribution in [-0.4, -0.2) is 15.8 Å². The van der Waals surface area contributed by atoms with Crippen LogP contribution in [0.2, 0.25) is 0 Å². The Balaban J connectivity index is 2.99. The monoisotopic (exact) mass is 320 g/mol. The van der Waals surface area contributed by atoms with E-state index in [1.54, 1.807) is 0 Å². The number of hydrogen-bond donors (Lipinski definition) is 0. The fourth-order valence-corrected chi connectivity index (χ4v) is 2.29. The summed E-state index contributed by atoms with van der Waals surface area (Å²) in [5.74, 6) is 1.06. The van der Waals surface area contributed by atoms with Crippen molar-refractivity contribution < 1.29 is 4.74 Å².